The third kappa shape index (κ3) is 4.04. The van der Waals surface area contributed by atoms with Gasteiger partial charge in [0.2, 0.25) is 5.91 Å². The van der Waals surface area contributed by atoms with Gasteiger partial charge in [0.1, 0.15) is 11.9 Å². The molecule has 1 aromatic rings. The monoisotopic (exact) mass is 250 g/mol. The zero-order valence-electron chi connectivity index (χ0n) is 11.5. The van der Waals surface area contributed by atoms with Crippen LogP contribution in [0.2, 0.25) is 0 Å². The molecule has 18 heavy (non-hydrogen) atoms. The summed E-state index contributed by atoms with van der Waals surface area (Å²) in [7, 11) is 0. The minimum Gasteiger partial charge on any atom is -0.486 e. The van der Waals surface area contributed by atoms with E-state index in [9.17, 15) is 4.79 Å². The third-order valence-corrected chi connectivity index (χ3v) is 2.65. The zero-order chi connectivity index (χ0) is 13.8. The highest BCUT2D eigenvalue weighted by molar-refractivity contribution is 5.90. The predicted octanol–water partition coefficient (Wildman–Crippen LogP) is 2.40. The molecule has 1 unspecified atom stereocenters. The van der Waals surface area contributed by atoms with E-state index in [0.29, 0.717) is 18.0 Å². The number of rotatable bonds is 4. The first-order valence-electron chi connectivity index (χ1n) is 6.08. The molecule has 1 amide bonds. The van der Waals surface area contributed by atoms with E-state index in [0.717, 1.165) is 0 Å². The summed E-state index contributed by atoms with van der Waals surface area (Å²) < 4.78 is 5.92. The molecule has 0 aliphatic heterocycles. The van der Waals surface area contributed by atoms with Crippen molar-refractivity contribution in [2.24, 2.45) is 11.1 Å². The largest absolute Gasteiger partial charge is 0.486 e. The number of para-hydroxylation sites is 2. The number of carbonyl (C=O) groups excluding carboxylic acids is 1. The van der Waals surface area contributed by atoms with Crippen molar-refractivity contribution in [2.45, 2.75) is 33.8 Å². The van der Waals surface area contributed by atoms with Crippen molar-refractivity contribution < 1.29 is 9.53 Å². The van der Waals surface area contributed by atoms with E-state index in [-0.39, 0.29) is 17.4 Å². The zero-order valence-corrected chi connectivity index (χ0v) is 11.5. The quantitative estimate of drug-likeness (QED) is 0.862. The number of ether oxygens (including phenoxy) is 1. The van der Waals surface area contributed by atoms with Gasteiger partial charge in [0.15, 0.2) is 0 Å². The maximum Gasteiger partial charge on any atom is 0.221 e. The lowest BCUT2D eigenvalue weighted by atomic mass is 9.89. The van der Waals surface area contributed by atoms with Gasteiger partial charge in [-0.2, -0.15) is 0 Å². The summed E-state index contributed by atoms with van der Waals surface area (Å²) >= 11 is 0. The summed E-state index contributed by atoms with van der Waals surface area (Å²) in [6.07, 6.45) is -0.104. The van der Waals surface area contributed by atoms with Gasteiger partial charge in [-0.1, -0.05) is 32.9 Å². The number of anilines is 1. The second-order valence-electron chi connectivity index (χ2n) is 5.39. The van der Waals surface area contributed by atoms with Crippen molar-refractivity contribution in [1.29, 1.82) is 0 Å². The number of benzene rings is 1. The van der Waals surface area contributed by atoms with Crippen LogP contribution in [0.15, 0.2) is 24.3 Å². The van der Waals surface area contributed by atoms with Crippen molar-refractivity contribution in [3.05, 3.63) is 24.3 Å². The minimum atomic E-state index is -0.119. The minimum absolute atomic E-state index is 0.0575. The van der Waals surface area contributed by atoms with E-state index in [1.54, 1.807) is 0 Å². The molecule has 3 N–H and O–H groups in total. The fraction of sp³-hybridized carbons (Fsp3) is 0.500. The maximum atomic E-state index is 11.1. The van der Waals surface area contributed by atoms with Crippen molar-refractivity contribution in [3.63, 3.8) is 0 Å². The topological polar surface area (TPSA) is 64.3 Å². The average Bonchev–Trinajstić information content (AvgIpc) is 2.25. The van der Waals surface area contributed by atoms with Gasteiger partial charge in [0.05, 0.1) is 5.69 Å². The van der Waals surface area contributed by atoms with Gasteiger partial charge in [-0.05, 0) is 12.1 Å². The molecule has 0 saturated carbocycles. The Labute approximate surface area is 109 Å². The fourth-order valence-electron chi connectivity index (χ4n) is 1.59. The molecule has 0 saturated heterocycles. The van der Waals surface area contributed by atoms with Gasteiger partial charge in [0, 0.05) is 18.9 Å². The number of carbonyl (C=O) groups is 1. The molecule has 0 heterocycles. The van der Waals surface area contributed by atoms with E-state index in [1.807, 2.05) is 24.3 Å². The fourth-order valence-corrected chi connectivity index (χ4v) is 1.59. The lowest BCUT2D eigenvalue weighted by molar-refractivity contribution is -0.114. The van der Waals surface area contributed by atoms with Crippen LogP contribution in [0.4, 0.5) is 5.69 Å². The van der Waals surface area contributed by atoms with Crippen LogP contribution in [-0.2, 0) is 4.79 Å². The first kappa shape index (κ1) is 14.5. The van der Waals surface area contributed by atoms with E-state index in [4.69, 9.17) is 10.5 Å². The van der Waals surface area contributed by atoms with Crippen LogP contribution in [0, 0.1) is 5.41 Å². The van der Waals surface area contributed by atoms with E-state index in [1.165, 1.54) is 6.92 Å². The molecule has 0 aliphatic rings. The molecule has 4 nitrogen and oxygen atoms in total. The van der Waals surface area contributed by atoms with Crippen LogP contribution >= 0.6 is 0 Å². The second-order valence-corrected chi connectivity index (χ2v) is 5.39. The molecule has 4 heteroatoms. The summed E-state index contributed by atoms with van der Waals surface area (Å²) in [5, 5.41) is 2.75. The molecule has 0 aromatic heterocycles. The van der Waals surface area contributed by atoms with Gasteiger partial charge in [-0.15, -0.1) is 0 Å². The Balaban J connectivity index is 2.92. The molecule has 1 rings (SSSR count). The van der Waals surface area contributed by atoms with Crippen LogP contribution in [0.3, 0.4) is 0 Å². The van der Waals surface area contributed by atoms with Crippen molar-refractivity contribution in [1.82, 2.24) is 0 Å². The number of amides is 1. The smallest absolute Gasteiger partial charge is 0.221 e. The van der Waals surface area contributed by atoms with E-state index >= 15 is 0 Å². The van der Waals surface area contributed by atoms with Crippen LogP contribution < -0.4 is 15.8 Å². The second kappa shape index (κ2) is 5.87. The summed E-state index contributed by atoms with van der Waals surface area (Å²) in [5.41, 5.74) is 6.36. The van der Waals surface area contributed by atoms with Crippen LogP contribution in [0.1, 0.15) is 27.7 Å². The number of hydrogen-bond donors (Lipinski definition) is 2. The van der Waals surface area contributed by atoms with Crippen molar-refractivity contribution in [3.8, 4) is 5.75 Å². The highest BCUT2D eigenvalue weighted by Crippen LogP contribution is 2.29. The third-order valence-electron chi connectivity index (χ3n) is 2.65. The number of hydrogen-bond acceptors (Lipinski definition) is 3. The van der Waals surface area contributed by atoms with E-state index < -0.39 is 0 Å². The molecule has 0 aliphatic carbocycles. The van der Waals surface area contributed by atoms with Gasteiger partial charge in [0.25, 0.3) is 0 Å². The van der Waals surface area contributed by atoms with Gasteiger partial charge in [-0.3, -0.25) is 4.79 Å². The summed E-state index contributed by atoms with van der Waals surface area (Å²) in [6.45, 7) is 8.13. The molecule has 0 bridgehead atoms. The summed E-state index contributed by atoms with van der Waals surface area (Å²) in [5.74, 6) is 0.532. The van der Waals surface area contributed by atoms with Crippen LogP contribution in [-0.4, -0.2) is 18.6 Å². The van der Waals surface area contributed by atoms with Crippen LogP contribution in [0.25, 0.3) is 0 Å². The standard InChI is InChI=1S/C14H22N2O2/c1-10(17)16-11-7-5-6-8-12(11)18-13(9-15)14(2,3)4/h5-8,13H,9,15H2,1-4H3,(H,16,17). The first-order valence-corrected chi connectivity index (χ1v) is 6.08. The highest BCUT2D eigenvalue weighted by atomic mass is 16.5. The SMILES string of the molecule is CC(=O)Nc1ccccc1OC(CN)C(C)(C)C. The molecular weight excluding hydrogens is 228 g/mol. The number of nitrogens with one attached hydrogen (secondary N) is 1. The Morgan fingerprint density at radius 1 is 1.39 bits per heavy atom. The Hall–Kier alpha value is -1.55. The lowest BCUT2D eigenvalue weighted by Crippen LogP contribution is -2.38. The van der Waals surface area contributed by atoms with E-state index in [2.05, 4.69) is 26.1 Å². The lowest BCUT2D eigenvalue weighted by Gasteiger charge is -2.30. The van der Waals surface area contributed by atoms with Gasteiger partial charge in [-0.25, -0.2) is 0 Å². The predicted molar refractivity (Wildman–Crippen MR) is 73.7 cm³/mol. The Kier molecular flexibility index (Phi) is 4.73. The molecule has 1 aromatic carbocycles. The number of nitrogens with two attached hydrogens (primary N) is 1. The summed E-state index contributed by atoms with van der Waals surface area (Å²) in [6, 6.07) is 7.37. The van der Waals surface area contributed by atoms with Gasteiger partial charge < -0.3 is 15.8 Å². The molecule has 1 atom stereocenters. The van der Waals surface area contributed by atoms with Crippen LogP contribution in [0.5, 0.6) is 5.75 Å². The molecule has 0 spiro atoms. The Morgan fingerprint density at radius 3 is 2.50 bits per heavy atom. The van der Waals surface area contributed by atoms with Crippen molar-refractivity contribution >= 4 is 11.6 Å². The van der Waals surface area contributed by atoms with Gasteiger partial charge >= 0.3 is 0 Å². The maximum absolute atomic E-state index is 11.1. The molecule has 0 fully saturated rings. The van der Waals surface area contributed by atoms with Crippen molar-refractivity contribution in [2.75, 3.05) is 11.9 Å². The summed E-state index contributed by atoms with van der Waals surface area (Å²) in [4.78, 5) is 11.1. The normalized spacial score (nSPS) is 12.9. The molecule has 100 valence electrons. The highest BCUT2D eigenvalue weighted by Gasteiger charge is 2.25. The average molecular weight is 250 g/mol. The Morgan fingerprint density at radius 2 is 2.00 bits per heavy atom. The molecular formula is C14H22N2O2. The Bertz CT molecular complexity index is 411. The first-order chi connectivity index (χ1) is 8.34. The molecule has 0 radical (unpaired) electrons.